The predicted molar refractivity (Wildman–Crippen MR) is 181 cm³/mol. The van der Waals surface area contributed by atoms with E-state index in [0.717, 1.165) is 38.5 Å². The average molecular weight is 639 g/mol. The van der Waals surface area contributed by atoms with Crippen molar-refractivity contribution in [3.05, 3.63) is 112 Å². The van der Waals surface area contributed by atoms with Gasteiger partial charge in [0.05, 0.1) is 0 Å². The van der Waals surface area contributed by atoms with Crippen LogP contribution in [0.25, 0.3) is 0 Å². The Kier molecular flexibility index (Phi) is 13.6. The van der Waals surface area contributed by atoms with Crippen LogP contribution in [0.15, 0.2) is 94.9 Å². The van der Waals surface area contributed by atoms with E-state index in [2.05, 4.69) is 29.8 Å². The minimum atomic E-state index is -1.40. The van der Waals surface area contributed by atoms with Crippen LogP contribution in [-0.4, -0.2) is 47.7 Å². The lowest BCUT2D eigenvalue weighted by Crippen LogP contribution is -2.35. The van der Waals surface area contributed by atoms with E-state index in [-0.39, 0.29) is 13.2 Å². The van der Waals surface area contributed by atoms with E-state index in [9.17, 15) is 14.7 Å². The summed E-state index contributed by atoms with van der Waals surface area (Å²) >= 11 is 1.67. The third-order valence-corrected chi connectivity index (χ3v) is 7.64. The van der Waals surface area contributed by atoms with Crippen molar-refractivity contribution in [2.24, 2.45) is 0 Å². The first-order valence-corrected chi connectivity index (χ1v) is 15.6. The summed E-state index contributed by atoms with van der Waals surface area (Å²) < 4.78 is 16.5. The van der Waals surface area contributed by atoms with Crippen molar-refractivity contribution < 1.29 is 34.0 Å². The fourth-order valence-corrected chi connectivity index (χ4v) is 5.00. The molecule has 238 valence electrons. The van der Waals surface area contributed by atoms with Crippen LogP contribution < -0.4 is 9.47 Å². The molecule has 0 fully saturated rings. The molecule has 0 aromatic heterocycles. The number of rotatable bonds is 13. The molecule has 1 unspecified atom stereocenters. The van der Waals surface area contributed by atoms with Crippen LogP contribution in [0, 0.1) is 30.6 Å². The lowest BCUT2D eigenvalue weighted by molar-refractivity contribution is -0.164. The predicted octanol–water partition coefficient (Wildman–Crippen LogP) is 7.26. The largest absolute Gasteiger partial charge is 0.490 e. The maximum absolute atomic E-state index is 11.7. The van der Waals surface area contributed by atoms with Gasteiger partial charge in [-0.3, -0.25) is 0 Å². The summed E-state index contributed by atoms with van der Waals surface area (Å²) in [5, 5.41) is 18.3. The van der Waals surface area contributed by atoms with Crippen LogP contribution in [0.1, 0.15) is 49.9 Å². The molecule has 3 aromatic carbocycles. The van der Waals surface area contributed by atoms with E-state index in [0.29, 0.717) is 23.7 Å². The lowest BCUT2D eigenvalue weighted by atomic mass is 9.96. The first-order chi connectivity index (χ1) is 22.0. The Morgan fingerprint density at radius 1 is 0.870 bits per heavy atom. The van der Waals surface area contributed by atoms with Crippen molar-refractivity contribution in [2.75, 3.05) is 25.6 Å². The number of aliphatic carboxylic acids is 2. The molecule has 46 heavy (non-hydrogen) atoms. The third kappa shape index (κ3) is 11.2. The van der Waals surface area contributed by atoms with Crippen molar-refractivity contribution in [1.29, 1.82) is 0 Å². The molecule has 1 atom stereocenters. The molecule has 0 spiro atoms. The van der Waals surface area contributed by atoms with Crippen LogP contribution in [-0.2, 0) is 19.9 Å². The zero-order valence-electron chi connectivity index (χ0n) is 26.7. The van der Waals surface area contributed by atoms with Crippen LogP contribution in [0.2, 0.25) is 0 Å². The fourth-order valence-electron chi connectivity index (χ4n) is 4.05. The van der Waals surface area contributed by atoms with E-state index >= 15 is 0 Å². The first kappa shape index (κ1) is 35.6. The molecule has 8 heteroatoms. The Balaban J connectivity index is 1.48. The molecule has 0 heterocycles. The molecular formula is C38H38O7S. The molecule has 2 N–H and O–H groups in total. The first-order valence-electron chi connectivity index (χ1n) is 14.7. The van der Waals surface area contributed by atoms with Crippen molar-refractivity contribution in [3.8, 4) is 35.2 Å². The summed E-state index contributed by atoms with van der Waals surface area (Å²) in [4.78, 5) is 23.5. The quantitative estimate of drug-likeness (QED) is 0.149. The van der Waals surface area contributed by atoms with Gasteiger partial charge in [0.25, 0.3) is 0 Å². The van der Waals surface area contributed by atoms with Crippen molar-refractivity contribution >= 4 is 23.7 Å². The second-order valence-electron chi connectivity index (χ2n) is 10.4. The number of carboxylic acids is 2. The van der Waals surface area contributed by atoms with Gasteiger partial charge in [0.2, 0.25) is 0 Å². The number of benzene rings is 3. The molecule has 0 aliphatic rings. The number of allylic oxidation sites excluding steroid dienone is 2. The van der Waals surface area contributed by atoms with Gasteiger partial charge in [-0.15, -0.1) is 11.8 Å². The third-order valence-electron chi connectivity index (χ3n) is 6.72. The Hall–Kier alpha value is -4.89. The second-order valence-corrected chi connectivity index (χ2v) is 11.5. The van der Waals surface area contributed by atoms with Gasteiger partial charge in [0.15, 0.2) is 12.2 Å². The molecule has 3 rings (SSSR count). The number of hydrogen-bond donors (Lipinski definition) is 2. The summed E-state index contributed by atoms with van der Waals surface area (Å²) in [6, 6.07) is 20.3. The molecule has 0 saturated carbocycles. The highest BCUT2D eigenvalue weighted by molar-refractivity contribution is 7.99. The number of hydrogen-bond acceptors (Lipinski definition) is 6. The Morgan fingerprint density at radius 3 is 2.02 bits per heavy atom. The standard InChI is InChI=1S/C38H38O7S/c1-6-45-38(5,37(41)42)32-15-17-33(18-16-32)43-23-21-27(2)7-9-30-11-13-31(14-12-30)10-8-28(3)22-24-46-34-19-20-35(29(4)25-34)44-26-36(39)40/h11-22,25H,6,23-24,26H2,1-5H3,(H,39,40)(H,41,42). The molecule has 0 radical (unpaired) electrons. The highest BCUT2D eigenvalue weighted by Crippen LogP contribution is 2.28. The monoisotopic (exact) mass is 638 g/mol. The summed E-state index contributed by atoms with van der Waals surface area (Å²) in [7, 11) is 0. The van der Waals surface area contributed by atoms with Crippen molar-refractivity contribution in [3.63, 3.8) is 0 Å². The summed E-state index contributed by atoms with van der Waals surface area (Å²) in [5.41, 5.74) is 3.65. The molecule has 3 aromatic rings. The minimum absolute atomic E-state index is 0.290. The van der Waals surface area contributed by atoms with Crippen molar-refractivity contribution in [1.82, 2.24) is 0 Å². The summed E-state index contributed by atoms with van der Waals surface area (Å²) in [5.74, 6) is 12.6. The minimum Gasteiger partial charge on any atom is -0.490 e. The van der Waals surface area contributed by atoms with Crippen LogP contribution in [0.5, 0.6) is 11.5 Å². The van der Waals surface area contributed by atoms with Crippen LogP contribution in [0.4, 0.5) is 0 Å². The van der Waals surface area contributed by atoms with E-state index in [1.807, 2.05) is 63.2 Å². The SMILES string of the molecule is CCOC(C)(C(=O)O)c1ccc(OCC=C(C)C#Cc2ccc(C#CC(C)=CCSc3ccc(OCC(=O)O)c(C)c3)cc2)cc1. The van der Waals surface area contributed by atoms with E-state index in [1.165, 1.54) is 6.92 Å². The van der Waals surface area contributed by atoms with E-state index in [1.54, 1.807) is 49.0 Å². The highest BCUT2D eigenvalue weighted by Gasteiger charge is 2.35. The number of aryl methyl sites for hydroxylation is 1. The second kappa shape index (κ2) is 17.6. The molecule has 0 bridgehead atoms. The Labute approximate surface area is 275 Å². The molecule has 0 aliphatic heterocycles. The van der Waals surface area contributed by atoms with Crippen molar-refractivity contribution in [2.45, 2.75) is 45.1 Å². The summed E-state index contributed by atoms with van der Waals surface area (Å²) in [6.45, 7) is 9.36. The number of ether oxygens (including phenoxy) is 3. The maximum Gasteiger partial charge on any atom is 0.341 e. The van der Waals surface area contributed by atoms with Crippen LogP contribution >= 0.6 is 11.8 Å². The zero-order chi connectivity index (χ0) is 33.5. The zero-order valence-corrected chi connectivity index (χ0v) is 27.5. The lowest BCUT2D eigenvalue weighted by Gasteiger charge is -2.25. The normalized spacial score (nSPS) is 12.5. The van der Waals surface area contributed by atoms with Gasteiger partial charge in [-0.1, -0.05) is 41.9 Å². The molecule has 0 amide bonds. The van der Waals surface area contributed by atoms with Gasteiger partial charge in [-0.2, -0.15) is 0 Å². The Morgan fingerprint density at radius 2 is 1.48 bits per heavy atom. The Bertz CT molecular complexity index is 1700. The maximum atomic E-state index is 11.7. The fraction of sp³-hybridized carbons (Fsp3) is 0.263. The topological polar surface area (TPSA) is 102 Å². The van der Waals surface area contributed by atoms with Gasteiger partial charge in [-0.05, 0) is 118 Å². The van der Waals surface area contributed by atoms with E-state index < -0.39 is 17.5 Å². The molecule has 7 nitrogen and oxygen atoms in total. The smallest absolute Gasteiger partial charge is 0.341 e. The van der Waals surface area contributed by atoms with Gasteiger partial charge >= 0.3 is 11.9 Å². The van der Waals surface area contributed by atoms with Gasteiger partial charge in [-0.25, -0.2) is 9.59 Å². The van der Waals surface area contributed by atoms with Gasteiger partial charge in [0, 0.05) is 28.4 Å². The number of thioether (sulfide) groups is 1. The molecule has 0 aliphatic carbocycles. The summed E-state index contributed by atoms with van der Waals surface area (Å²) in [6.07, 6.45) is 3.97. The van der Waals surface area contributed by atoms with Gasteiger partial charge < -0.3 is 24.4 Å². The number of carboxylic acid groups (broad SMARTS) is 2. The molecule has 0 saturated heterocycles. The molecular weight excluding hydrogens is 600 g/mol. The average Bonchev–Trinajstić information content (AvgIpc) is 3.03. The van der Waals surface area contributed by atoms with Gasteiger partial charge in [0.1, 0.15) is 18.1 Å². The van der Waals surface area contributed by atoms with E-state index in [4.69, 9.17) is 19.3 Å². The highest BCUT2D eigenvalue weighted by atomic mass is 32.2. The number of carbonyl (C=O) groups is 2. The van der Waals surface area contributed by atoms with Crippen LogP contribution in [0.3, 0.4) is 0 Å².